The number of nitrogens with one attached hydrogen (secondary N) is 2. The number of carbonyl (C=O) groups excluding carboxylic acids is 2. The van der Waals surface area contributed by atoms with Crippen LogP contribution in [-0.2, 0) is 14.4 Å². The summed E-state index contributed by atoms with van der Waals surface area (Å²) in [7, 11) is 0. The number of amides is 2. The van der Waals surface area contributed by atoms with E-state index in [-0.39, 0.29) is 13.2 Å². The number of urea groups is 1. The lowest BCUT2D eigenvalue weighted by Gasteiger charge is -2.07. The number of oxime groups is 1. The molecule has 2 N–H and O–H groups in total. The number of nitrogens with zero attached hydrogens (tertiary/aromatic N) is 1. The Morgan fingerprint density at radius 3 is 2.52 bits per heavy atom. The smallest absolute Gasteiger partial charge is 0.325 e. The van der Waals surface area contributed by atoms with Gasteiger partial charge in [0.25, 0.3) is 0 Å². The van der Waals surface area contributed by atoms with E-state index in [1.165, 1.54) is 0 Å². The zero-order chi connectivity index (χ0) is 15.5. The molecule has 0 bridgehead atoms. The molecule has 0 heterocycles. The Labute approximate surface area is 123 Å². The van der Waals surface area contributed by atoms with Gasteiger partial charge in [-0.15, -0.1) is 0 Å². The highest BCUT2D eigenvalue weighted by Crippen LogP contribution is 2.08. The maximum atomic E-state index is 11.5. The zero-order valence-electron chi connectivity index (χ0n) is 12.1. The molecule has 2 amide bonds. The average Bonchev–Trinajstić information content (AvgIpc) is 2.48. The van der Waals surface area contributed by atoms with Crippen LogP contribution in [0.1, 0.15) is 19.4 Å². The molecule has 1 aromatic carbocycles. The lowest BCUT2D eigenvalue weighted by molar-refractivity contribution is -0.141. The Balaban J connectivity index is 2.40. The van der Waals surface area contributed by atoms with Crippen molar-refractivity contribution < 1.29 is 19.2 Å². The second kappa shape index (κ2) is 9.35. The maximum Gasteiger partial charge on any atom is 0.325 e. The number of ether oxygens (including phenoxy) is 1. The van der Waals surface area contributed by atoms with Gasteiger partial charge in [0.1, 0.15) is 13.2 Å². The largest absolute Gasteiger partial charge is 0.465 e. The van der Waals surface area contributed by atoms with Gasteiger partial charge < -0.3 is 20.2 Å². The van der Waals surface area contributed by atoms with E-state index in [0.29, 0.717) is 12.3 Å². The minimum absolute atomic E-state index is 0.168. The lowest BCUT2D eigenvalue weighted by atomic mass is 10.2. The fourth-order valence-electron chi connectivity index (χ4n) is 1.36. The Morgan fingerprint density at radius 2 is 1.90 bits per heavy atom. The number of rotatable bonds is 7. The van der Waals surface area contributed by atoms with Gasteiger partial charge in [-0.05, 0) is 31.5 Å². The Kier molecular flexibility index (Phi) is 7.34. The van der Waals surface area contributed by atoms with Gasteiger partial charge in [0.05, 0.1) is 12.8 Å². The van der Waals surface area contributed by atoms with Gasteiger partial charge >= 0.3 is 12.0 Å². The minimum Gasteiger partial charge on any atom is -0.465 e. The second-order valence-electron chi connectivity index (χ2n) is 3.89. The van der Waals surface area contributed by atoms with Crippen LogP contribution in [0.25, 0.3) is 0 Å². The van der Waals surface area contributed by atoms with E-state index in [9.17, 15) is 9.59 Å². The summed E-state index contributed by atoms with van der Waals surface area (Å²) in [5.74, 6) is -0.477. The Bertz CT molecular complexity index is 485. The normalized spacial score (nSPS) is 10.2. The maximum absolute atomic E-state index is 11.5. The van der Waals surface area contributed by atoms with Crippen LogP contribution in [0.4, 0.5) is 10.5 Å². The third-order valence-corrected chi connectivity index (χ3v) is 2.27. The fourth-order valence-corrected chi connectivity index (χ4v) is 1.36. The first-order chi connectivity index (χ1) is 10.2. The average molecular weight is 293 g/mol. The molecule has 7 heteroatoms. The van der Waals surface area contributed by atoms with Gasteiger partial charge in [-0.3, -0.25) is 4.79 Å². The minimum atomic E-state index is -0.477. The van der Waals surface area contributed by atoms with Crippen molar-refractivity contribution in [3.05, 3.63) is 29.8 Å². The van der Waals surface area contributed by atoms with Crippen LogP contribution in [0.3, 0.4) is 0 Å². The number of hydrogen-bond acceptors (Lipinski definition) is 5. The molecule has 0 fully saturated rings. The molecule has 0 saturated carbocycles. The molecule has 0 aromatic heterocycles. The third-order valence-electron chi connectivity index (χ3n) is 2.27. The molecule has 0 unspecified atom stereocenters. The first-order valence-electron chi connectivity index (χ1n) is 6.61. The van der Waals surface area contributed by atoms with Gasteiger partial charge in [-0.25, -0.2) is 4.79 Å². The standard InChI is InChI=1S/C14H19N3O4/c1-3-20-13(18)10-15-14(19)17-12-7-5-11(6-8-12)9-16-21-4-2/h5-9H,3-4,10H2,1-2H3,(H2,15,17,19). The molecule has 7 nitrogen and oxygen atoms in total. The van der Waals surface area contributed by atoms with E-state index in [1.807, 2.05) is 6.92 Å². The van der Waals surface area contributed by atoms with E-state index in [4.69, 9.17) is 9.57 Å². The van der Waals surface area contributed by atoms with Crippen LogP contribution in [0.2, 0.25) is 0 Å². The van der Waals surface area contributed by atoms with Crippen molar-refractivity contribution >= 4 is 23.9 Å². The lowest BCUT2D eigenvalue weighted by Crippen LogP contribution is -2.34. The first kappa shape index (κ1) is 16.5. The molecule has 0 saturated heterocycles. The molecule has 0 aliphatic rings. The van der Waals surface area contributed by atoms with Crippen LogP contribution in [0.15, 0.2) is 29.4 Å². The van der Waals surface area contributed by atoms with E-state index < -0.39 is 12.0 Å². The van der Waals surface area contributed by atoms with E-state index in [1.54, 1.807) is 37.4 Å². The second-order valence-corrected chi connectivity index (χ2v) is 3.89. The number of esters is 1. The third kappa shape index (κ3) is 6.95. The van der Waals surface area contributed by atoms with Crippen LogP contribution in [0.5, 0.6) is 0 Å². The summed E-state index contributed by atoms with van der Waals surface area (Å²) < 4.78 is 4.70. The molecule has 0 radical (unpaired) electrons. The molecule has 114 valence electrons. The quantitative estimate of drug-likeness (QED) is 0.455. The number of anilines is 1. The Hall–Kier alpha value is -2.57. The van der Waals surface area contributed by atoms with E-state index in [0.717, 1.165) is 5.56 Å². The summed E-state index contributed by atoms with van der Waals surface area (Å²) in [4.78, 5) is 27.5. The molecular weight excluding hydrogens is 274 g/mol. The predicted octanol–water partition coefficient (Wildman–Crippen LogP) is 1.74. The van der Waals surface area contributed by atoms with Crippen molar-refractivity contribution in [2.75, 3.05) is 25.1 Å². The fraction of sp³-hybridized carbons (Fsp3) is 0.357. The van der Waals surface area contributed by atoms with Crippen molar-refractivity contribution in [3.63, 3.8) is 0 Å². The van der Waals surface area contributed by atoms with Gasteiger partial charge in [0.15, 0.2) is 0 Å². The highest BCUT2D eigenvalue weighted by atomic mass is 16.6. The number of carbonyl (C=O) groups is 2. The van der Waals surface area contributed by atoms with Gasteiger partial charge in [0, 0.05) is 5.69 Å². The van der Waals surface area contributed by atoms with Crippen molar-refractivity contribution in [3.8, 4) is 0 Å². The molecule has 0 atom stereocenters. The number of benzene rings is 1. The summed E-state index contributed by atoms with van der Waals surface area (Å²) in [6.45, 7) is 4.18. The van der Waals surface area contributed by atoms with Gasteiger partial charge in [-0.1, -0.05) is 17.3 Å². The molecule has 21 heavy (non-hydrogen) atoms. The van der Waals surface area contributed by atoms with Crippen LogP contribution < -0.4 is 10.6 Å². The highest BCUT2D eigenvalue weighted by molar-refractivity contribution is 5.91. The number of hydrogen-bond donors (Lipinski definition) is 2. The summed E-state index contributed by atoms with van der Waals surface area (Å²) in [5, 5.41) is 8.74. The molecule has 0 aliphatic heterocycles. The van der Waals surface area contributed by atoms with E-state index >= 15 is 0 Å². The van der Waals surface area contributed by atoms with Crippen molar-refractivity contribution in [1.29, 1.82) is 0 Å². The first-order valence-corrected chi connectivity index (χ1v) is 6.61. The van der Waals surface area contributed by atoms with Crippen LogP contribution in [-0.4, -0.2) is 38.0 Å². The van der Waals surface area contributed by atoms with Crippen molar-refractivity contribution in [2.24, 2.45) is 5.16 Å². The molecular formula is C14H19N3O4. The summed E-state index contributed by atoms with van der Waals surface area (Å²) >= 11 is 0. The van der Waals surface area contributed by atoms with Crippen LogP contribution >= 0.6 is 0 Å². The summed E-state index contributed by atoms with van der Waals surface area (Å²) in [6.07, 6.45) is 1.58. The Morgan fingerprint density at radius 1 is 1.19 bits per heavy atom. The van der Waals surface area contributed by atoms with Crippen LogP contribution in [0, 0.1) is 0 Å². The van der Waals surface area contributed by atoms with E-state index in [2.05, 4.69) is 15.8 Å². The molecule has 0 aliphatic carbocycles. The van der Waals surface area contributed by atoms with Gasteiger partial charge in [-0.2, -0.15) is 0 Å². The van der Waals surface area contributed by atoms with Crippen molar-refractivity contribution in [2.45, 2.75) is 13.8 Å². The predicted molar refractivity (Wildman–Crippen MR) is 79.3 cm³/mol. The van der Waals surface area contributed by atoms with Gasteiger partial charge in [0.2, 0.25) is 0 Å². The summed E-state index contributed by atoms with van der Waals surface area (Å²) in [5.41, 5.74) is 1.45. The molecule has 1 aromatic rings. The SMILES string of the molecule is CCON=Cc1ccc(NC(=O)NCC(=O)OCC)cc1. The molecule has 1 rings (SSSR count). The zero-order valence-corrected chi connectivity index (χ0v) is 12.1. The van der Waals surface area contributed by atoms with Crippen molar-refractivity contribution in [1.82, 2.24) is 5.32 Å². The highest BCUT2D eigenvalue weighted by Gasteiger charge is 2.05. The monoisotopic (exact) mass is 293 g/mol. The summed E-state index contributed by atoms with van der Waals surface area (Å²) in [6, 6.07) is 6.53. The topological polar surface area (TPSA) is 89.0 Å². The molecule has 0 spiro atoms.